The van der Waals surface area contributed by atoms with Crippen molar-refractivity contribution < 1.29 is 9.18 Å². The molecule has 0 unspecified atom stereocenters. The molecule has 0 aliphatic carbocycles. The number of halogens is 2. The number of para-hydroxylation sites is 1. The van der Waals surface area contributed by atoms with Gasteiger partial charge in [0.15, 0.2) is 0 Å². The van der Waals surface area contributed by atoms with Crippen LogP contribution in [0.25, 0.3) is 5.69 Å². The Morgan fingerprint density at radius 2 is 1.96 bits per heavy atom. The van der Waals surface area contributed by atoms with Gasteiger partial charge in [-0.15, -0.1) is 0 Å². The lowest BCUT2D eigenvalue weighted by atomic mass is 10.2. The summed E-state index contributed by atoms with van der Waals surface area (Å²) < 4.78 is 14.9. The van der Waals surface area contributed by atoms with Crippen LogP contribution in [0.2, 0.25) is 5.02 Å². The van der Waals surface area contributed by atoms with Crippen molar-refractivity contribution in [3.8, 4) is 5.69 Å². The van der Waals surface area contributed by atoms with E-state index < -0.39 is 5.82 Å². The van der Waals surface area contributed by atoms with Gasteiger partial charge in [-0.05, 0) is 36.4 Å². The maximum atomic E-state index is 13.1. The topological polar surface area (TPSA) is 46.9 Å². The van der Waals surface area contributed by atoms with E-state index in [1.54, 1.807) is 4.68 Å². The van der Waals surface area contributed by atoms with Crippen LogP contribution in [0, 0.1) is 5.82 Å². The lowest BCUT2D eigenvalue weighted by Crippen LogP contribution is -2.25. The first kappa shape index (κ1) is 16.2. The monoisotopic (exact) mass is 343 g/mol. The highest BCUT2D eigenvalue weighted by Crippen LogP contribution is 2.15. The van der Waals surface area contributed by atoms with Gasteiger partial charge >= 0.3 is 0 Å². The minimum Gasteiger partial charge on any atom is -0.352 e. The summed E-state index contributed by atoms with van der Waals surface area (Å²) in [4.78, 5) is 12.0. The molecule has 122 valence electrons. The molecule has 1 N–H and O–H groups in total. The first-order valence-electron chi connectivity index (χ1n) is 7.47. The SMILES string of the molecule is O=C(NCCc1ccn(-c2ccccc2)n1)c1ccc(F)c(Cl)c1. The van der Waals surface area contributed by atoms with E-state index in [0.29, 0.717) is 18.5 Å². The molecule has 1 aromatic heterocycles. The van der Waals surface area contributed by atoms with Gasteiger partial charge in [-0.1, -0.05) is 29.8 Å². The fourth-order valence-electron chi connectivity index (χ4n) is 2.26. The number of rotatable bonds is 5. The number of amides is 1. The molecule has 3 aromatic rings. The zero-order valence-corrected chi connectivity index (χ0v) is 13.5. The maximum Gasteiger partial charge on any atom is 0.251 e. The van der Waals surface area contributed by atoms with Crippen LogP contribution in [0.5, 0.6) is 0 Å². The van der Waals surface area contributed by atoms with Gasteiger partial charge in [-0.3, -0.25) is 4.79 Å². The Bertz CT molecular complexity index is 848. The van der Waals surface area contributed by atoms with Crippen molar-refractivity contribution in [3.63, 3.8) is 0 Å². The zero-order valence-electron chi connectivity index (χ0n) is 12.7. The summed E-state index contributed by atoms with van der Waals surface area (Å²) in [6, 6.07) is 15.6. The van der Waals surface area contributed by atoms with E-state index in [1.165, 1.54) is 18.2 Å². The van der Waals surface area contributed by atoms with Crippen molar-refractivity contribution >= 4 is 17.5 Å². The van der Waals surface area contributed by atoms with Crippen LogP contribution in [0.15, 0.2) is 60.8 Å². The van der Waals surface area contributed by atoms with Gasteiger partial charge < -0.3 is 5.32 Å². The second-order valence-corrected chi connectivity index (χ2v) is 5.63. The lowest BCUT2D eigenvalue weighted by molar-refractivity contribution is 0.0954. The number of benzene rings is 2. The molecule has 24 heavy (non-hydrogen) atoms. The van der Waals surface area contributed by atoms with Gasteiger partial charge in [0, 0.05) is 24.7 Å². The summed E-state index contributed by atoms with van der Waals surface area (Å²) in [7, 11) is 0. The lowest BCUT2D eigenvalue weighted by Gasteiger charge is -2.05. The van der Waals surface area contributed by atoms with E-state index in [9.17, 15) is 9.18 Å². The number of hydrogen-bond acceptors (Lipinski definition) is 2. The molecule has 3 rings (SSSR count). The molecular formula is C18H15ClFN3O. The number of nitrogens with zero attached hydrogens (tertiary/aromatic N) is 2. The molecule has 0 aliphatic heterocycles. The van der Waals surface area contributed by atoms with E-state index in [1.807, 2.05) is 42.6 Å². The van der Waals surface area contributed by atoms with E-state index in [0.717, 1.165) is 11.4 Å². The molecule has 0 spiro atoms. The molecule has 0 saturated carbocycles. The quantitative estimate of drug-likeness (QED) is 0.769. The predicted octanol–water partition coefficient (Wildman–Crippen LogP) is 3.64. The largest absolute Gasteiger partial charge is 0.352 e. The van der Waals surface area contributed by atoms with Crippen molar-refractivity contribution in [1.82, 2.24) is 15.1 Å². The van der Waals surface area contributed by atoms with Gasteiger partial charge in [0.1, 0.15) is 5.82 Å². The summed E-state index contributed by atoms with van der Waals surface area (Å²) in [6.45, 7) is 0.430. The second kappa shape index (κ2) is 7.27. The average molecular weight is 344 g/mol. The summed E-state index contributed by atoms with van der Waals surface area (Å²) in [5, 5.41) is 7.18. The standard InChI is InChI=1S/C18H15ClFN3O/c19-16-12-13(6-7-17(16)20)18(24)21-10-8-14-9-11-23(22-14)15-4-2-1-3-5-15/h1-7,9,11-12H,8,10H2,(H,21,24). The fraction of sp³-hybridized carbons (Fsp3) is 0.111. The Labute approximate surface area is 143 Å². The molecule has 4 nitrogen and oxygen atoms in total. The first-order valence-corrected chi connectivity index (χ1v) is 7.84. The highest BCUT2D eigenvalue weighted by Gasteiger charge is 2.09. The molecule has 0 atom stereocenters. The summed E-state index contributed by atoms with van der Waals surface area (Å²) in [5.41, 5.74) is 2.18. The molecule has 2 aromatic carbocycles. The number of aromatic nitrogens is 2. The van der Waals surface area contributed by atoms with Crippen LogP contribution in [-0.4, -0.2) is 22.2 Å². The highest BCUT2D eigenvalue weighted by atomic mass is 35.5. The zero-order chi connectivity index (χ0) is 16.9. The highest BCUT2D eigenvalue weighted by molar-refractivity contribution is 6.31. The van der Waals surface area contributed by atoms with E-state index in [2.05, 4.69) is 10.4 Å². The van der Waals surface area contributed by atoms with Gasteiger partial charge in [0.05, 0.1) is 16.4 Å². The summed E-state index contributed by atoms with van der Waals surface area (Å²) >= 11 is 5.68. The van der Waals surface area contributed by atoms with Gasteiger partial charge in [0.25, 0.3) is 5.91 Å². The third-order valence-corrected chi connectivity index (χ3v) is 3.80. The Balaban J connectivity index is 1.56. The van der Waals surface area contributed by atoms with Crippen LogP contribution >= 0.6 is 11.6 Å². The Kier molecular flexibility index (Phi) is 4.91. The van der Waals surface area contributed by atoms with Gasteiger partial charge in [-0.25, -0.2) is 9.07 Å². The Morgan fingerprint density at radius 3 is 2.71 bits per heavy atom. The average Bonchev–Trinajstić information content (AvgIpc) is 3.07. The number of nitrogens with one attached hydrogen (secondary N) is 1. The van der Waals surface area contributed by atoms with Crippen LogP contribution in [0.1, 0.15) is 16.1 Å². The van der Waals surface area contributed by atoms with E-state index >= 15 is 0 Å². The third-order valence-electron chi connectivity index (χ3n) is 3.51. The van der Waals surface area contributed by atoms with Crippen molar-refractivity contribution in [3.05, 3.63) is 82.9 Å². The van der Waals surface area contributed by atoms with Crippen molar-refractivity contribution in [2.24, 2.45) is 0 Å². The number of carbonyl (C=O) groups excluding carboxylic acids is 1. The van der Waals surface area contributed by atoms with Gasteiger partial charge in [-0.2, -0.15) is 5.10 Å². The first-order chi connectivity index (χ1) is 11.6. The van der Waals surface area contributed by atoms with E-state index in [4.69, 9.17) is 11.6 Å². The smallest absolute Gasteiger partial charge is 0.251 e. The molecule has 0 saturated heterocycles. The molecule has 0 aliphatic rings. The van der Waals surface area contributed by atoms with Crippen LogP contribution in [0.3, 0.4) is 0 Å². The number of carbonyl (C=O) groups is 1. The van der Waals surface area contributed by atoms with Gasteiger partial charge in [0.2, 0.25) is 0 Å². The Hall–Kier alpha value is -2.66. The second-order valence-electron chi connectivity index (χ2n) is 5.22. The minimum absolute atomic E-state index is 0.0655. The molecule has 0 radical (unpaired) electrons. The maximum absolute atomic E-state index is 13.1. The normalized spacial score (nSPS) is 10.6. The van der Waals surface area contributed by atoms with Crippen LogP contribution < -0.4 is 5.32 Å². The third kappa shape index (κ3) is 3.81. The molecule has 6 heteroatoms. The molecule has 0 bridgehead atoms. The van der Waals surface area contributed by atoms with E-state index in [-0.39, 0.29) is 10.9 Å². The minimum atomic E-state index is -0.542. The molecule has 1 heterocycles. The predicted molar refractivity (Wildman–Crippen MR) is 91.0 cm³/mol. The van der Waals surface area contributed by atoms with Crippen LogP contribution in [0.4, 0.5) is 4.39 Å². The summed E-state index contributed by atoms with van der Waals surface area (Å²) in [5.74, 6) is -0.834. The van der Waals surface area contributed by atoms with Crippen molar-refractivity contribution in [1.29, 1.82) is 0 Å². The van der Waals surface area contributed by atoms with Crippen molar-refractivity contribution in [2.75, 3.05) is 6.54 Å². The van der Waals surface area contributed by atoms with Crippen LogP contribution in [-0.2, 0) is 6.42 Å². The molecule has 1 amide bonds. The number of hydrogen-bond donors (Lipinski definition) is 1. The van der Waals surface area contributed by atoms with Crippen molar-refractivity contribution in [2.45, 2.75) is 6.42 Å². The molecular weight excluding hydrogens is 329 g/mol. The Morgan fingerprint density at radius 1 is 1.17 bits per heavy atom. The fourth-order valence-corrected chi connectivity index (χ4v) is 2.44. The molecule has 0 fully saturated rings. The summed E-state index contributed by atoms with van der Waals surface area (Å²) in [6.07, 6.45) is 2.48.